The van der Waals surface area contributed by atoms with Gasteiger partial charge in [-0.1, -0.05) is 31.5 Å². The maximum absolute atomic E-state index is 12.5. The van der Waals surface area contributed by atoms with Crippen molar-refractivity contribution >= 4 is 28.2 Å². The first-order valence-electron chi connectivity index (χ1n) is 7.53. The van der Waals surface area contributed by atoms with Crippen molar-refractivity contribution in [2.24, 2.45) is 0 Å². The highest BCUT2D eigenvalue weighted by Gasteiger charge is 2.11. The minimum absolute atomic E-state index is 0.312. The largest absolute Gasteiger partial charge is 0.397 e. The van der Waals surface area contributed by atoms with E-state index in [0.717, 1.165) is 12.8 Å². The summed E-state index contributed by atoms with van der Waals surface area (Å²) in [6.45, 7) is 2.66. The van der Waals surface area contributed by atoms with E-state index in [4.69, 9.17) is 5.73 Å². The third-order valence-electron chi connectivity index (χ3n) is 3.26. The number of hydrogen-bond acceptors (Lipinski definition) is 3. The van der Waals surface area contributed by atoms with Crippen LogP contribution in [-0.4, -0.2) is 16.8 Å². The van der Waals surface area contributed by atoms with Gasteiger partial charge in [0.05, 0.1) is 22.2 Å². The van der Waals surface area contributed by atoms with E-state index in [1.807, 2.05) is 18.2 Å². The average Bonchev–Trinajstić information content (AvgIpc) is 2.57. The molecule has 0 aliphatic heterocycles. The van der Waals surface area contributed by atoms with Gasteiger partial charge in [0.1, 0.15) is 0 Å². The number of nitrogens with one attached hydrogen (secondary N) is 2. The van der Waals surface area contributed by atoms with Crippen molar-refractivity contribution in [3.05, 3.63) is 48.5 Å². The molecule has 1 atom stereocenters. The second kappa shape index (κ2) is 8.33. The second-order valence-electron chi connectivity index (χ2n) is 5.07. The highest BCUT2D eigenvalue weighted by molar-refractivity contribution is 7.85. The van der Waals surface area contributed by atoms with Crippen molar-refractivity contribution < 1.29 is 9.00 Å². The molecule has 0 aromatic heterocycles. The van der Waals surface area contributed by atoms with Gasteiger partial charge in [-0.05, 0) is 36.8 Å². The fourth-order valence-corrected chi connectivity index (χ4v) is 3.08. The molecule has 4 N–H and O–H groups in total. The SMILES string of the molecule is CCCCNC(=O)Nc1cc(S(=O)c2ccccc2)ccc1N. The van der Waals surface area contributed by atoms with Crippen LogP contribution in [0, 0.1) is 0 Å². The molecule has 122 valence electrons. The molecule has 6 heteroatoms. The smallest absolute Gasteiger partial charge is 0.319 e. The number of hydrogen-bond donors (Lipinski definition) is 3. The van der Waals surface area contributed by atoms with Gasteiger partial charge >= 0.3 is 6.03 Å². The molecule has 23 heavy (non-hydrogen) atoms. The summed E-state index contributed by atoms with van der Waals surface area (Å²) in [7, 11) is -1.31. The van der Waals surface area contributed by atoms with Crippen molar-refractivity contribution in [1.29, 1.82) is 0 Å². The standard InChI is InChI=1S/C17H21N3O2S/c1-2-3-11-19-17(21)20-16-12-14(9-10-15(16)18)23(22)13-7-5-4-6-8-13/h4-10,12H,2-3,11,18H2,1H3,(H2,19,20,21). The Balaban J connectivity index is 2.13. The van der Waals surface area contributed by atoms with E-state index in [0.29, 0.717) is 27.7 Å². The summed E-state index contributed by atoms with van der Waals surface area (Å²) in [4.78, 5) is 13.1. The van der Waals surface area contributed by atoms with Gasteiger partial charge in [0.15, 0.2) is 0 Å². The molecule has 0 saturated carbocycles. The zero-order valence-electron chi connectivity index (χ0n) is 13.0. The van der Waals surface area contributed by atoms with Crippen LogP contribution in [0.3, 0.4) is 0 Å². The summed E-state index contributed by atoms with van der Waals surface area (Å²) < 4.78 is 12.5. The number of nitrogen functional groups attached to an aromatic ring is 1. The lowest BCUT2D eigenvalue weighted by Gasteiger charge is -2.11. The fourth-order valence-electron chi connectivity index (χ4n) is 1.98. The lowest BCUT2D eigenvalue weighted by Crippen LogP contribution is -2.29. The predicted octanol–water partition coefficient (Wildman–Crippen LogP) is 3.36. The van der Waals surface area contributed by atoms with Crippen LogP contribution < -0.4 is 16.4 Å². The van der Waals surface area contributed by atoms with Gasteiger partial charge in [0, 0.05) is 16.3 Å². The Labute approximate surface area is 138 Å². The maximum atomic E-state index is 12.5. The van der Waals surface area contributed by atoms with Crippen LogP contribution in [0.5, 0.6) is 0 Å². The zero-order valence-corrected chi connectivity index (χ0v) is 13.9. The third kappa shape index (κ3) is 4.82. The highest BCUT2D eigenvalue weighted by Crippen LogP contribution is 2.24. The first kappa shape index (κ1) is 17.0. The molecule has 0 fully saturated rings. The lowest BCUT2D eigenvalue weighted by molar-refractivity contribution is 0.252. The summed E-state index contributed by atoms with van der Waals surface area (Å²) in [5.74, 6) is 0. The number of benzene rings is 2. The van der Waals surface area contributed by atoms with Gasteiger partial charge in [-0.2, -0.15) is 0 Å². The fraction of sp³-hybridized carbons (Fsp3) is 0.235. The summed E-state index contributed by atoms with van der Waals surface area (Å²) in [6, 6.07) is 13.8. The van der Waals surface area contributed by atoms with Gasteiger partial charge in [-0.25, -0.2) is 9.00 Å². The molecule has 0 aliphatic rings. The Kier molecular flexibility index (Phi) is 6.17. The van der Waals surface area contributed by atoms with Crippen LogP contribution in [0.4, 0.5) is 16.2 Å². The zero-order chi connectivity index (χ0) is 16.7. The summed E-state index contributed by atoms with van der Waals surface area (Å²) in [5.41, 5.74) is 6.78. The topological polar surface area (TPSA) is 84.2 Å². The first-order valence-corrected chi connectivity index (χ1v) is 8.68. The van der Waals surface area contributed by atoms with E-state index in [1.165, 1.54) is 0 Å². The predicted molar refractivity (Wildman–Crippen MR) is 93.9 cm³/mol. The number of rotatable bonds is 6. The summed E-state index contributed by atoms with van der Waals surface area (Å²) in [5, 5.41) is 5.46. The number of unbranched alkanes of at least 4 members (excludes halogenated alkanes) is 1. The Morgan fingerprint density at radius 1 is 1.13 bits per heavy atom. The Morgan fingerprint density at radius 2 is 1.87 bits per heavy atom. The average molecular weight is 331 g/mol. The molecular weight excluding hydrogens is 310 g/mol. The minimum atomic E-state index is -1.31. The number of urea groups is 1. The molecular formula is C17H21N3O2S. The van der Waals surface area contributed by atoms with Gasteiger partial charge in [0.25, 0.3) is 0 Å². The molecule has 0 aliphatic carbocycles. The van der Waals surface area contributed by atoms with Crippen molar-refractivity contribution in [3.63, 3.8) is 0 Å². The van der Waals surface area contributed by atoms with E-state index in [1.54, 1.807) is 30.3 Å². The van der Waals surface area contributed by atoms with Crippen molar-refractivity contribution in [2.75, 3.05) is 17.6 Å². The van der Waals surface area contributed by atoms with Crippen molar-refractivity contribution in [2.45, 2.75) is 29.6 Å². The van der Waals surface area contributed by atoms with Crippen LogP contribution in [0.2, 0.25) is 0 Å². The quantitative estimate of drug-likeness (QED) is 0.560. The molecule has 1 unspecified atom stereocenters. The minimum Gasteiger partial charge on any atom is -0.397 e. The van der Waals surface area contributed by atoms with E-state index in [9.17, 15) is 9.00 Å². The number of carbonyl (C=O) groups excluding carboxylic acids is 1. The van der Waals surface area contributed by atoms with Gasteiger partial charge < -0.3 is 16.4 Å². The number of anilines is 2. The molecule has 0 heterocycles. The number of carbonyl (C=O) groups is 1. The highest BCUT2D eigenvalue weighted by atomic mass is 32.2. The normalized spacial score (nSPS) is 11.7. The second-order valence-corrected chi connectivity index (χ2v) is 6.55. The van der Waals surface area contributed by atoms with E-state index >= 15 is 0 Å². The van der Waals surface area contributed by atoms with Crippen LogP contribution in [0.1, 0.15) is 19.8 Å². The van der Waals surface area contributed by atoms with Crippen molar-refractivity contribution in [1.82, 2.24) is 5.32 Å². The molecule has 0 spiro atoms. The molecule has 5 nitrogen and oxygen atoms in total. The molecule has 0 saturated heterocycles. The summed E-state index contributed by atoms with van der Waals surface area (Å²) in [6.07, 6.45) is 1.93. The Morgan fingerprint density at radius 3 is 2.57 bits per heavy atom. The molecule has 0 bridgehead atoms. The molecule has 2 aromatic carbocycles. The lowest BCUT2D eigenvalue weighted by atomic mass is 10.2. The Bertz CT molecular complexity index is 689. The van der Waals surface area contributed by atoms with E-state index in [2.05, 4.69) is 17.6 Å². The number of nitrogens with two attached hydrogens (primary N) is 1. The molecule has 2 amide bonds. The van der Waals surface area contributed by atoms with Crippen LogP contribution in [-0.2, 0) is 10.8 Å². The van der Waals surface area contributed by atoms with E-state index < -0.39 is 10.8 Å². The molecule has 0 radical (unpaired) electrons. The van der Waals surface area contributed by atoms with Crippen LogP contribution in [0.15, 0.2) is 58.3 Å². The molecule has 2 rings (SSSR count). The third-order valence-corrected chi connectivity index (χ3v) is 4.64. The number of amides is 2. The Hall–Kier alpha value is -2.34. The van der Waals surface area contributed by atoms with Gasteiger partial charge in [-0.3, -0.25) is 0 Å². The van der Waals surface area contributed by atoms with E-state index in [-0.39, 0.29) is 6.03 Å². The van der Waals surface area contributed by atoms with Crippen molar-refractivity contribution in [3.8, 4) is 0 Å². The summed E-state index contributed by atoms with van der Waals surface area (Å²) >= 11 is 0. The van der Waals surface area contributed by atoms with Gasteiger partial charge in [-0.15, -0.1) is 0 Å². The monoisotopic (exact) mass is 331 g/mol. The van der Waals surface area contributed by atoms with Crippen LogP contribution >= 0.6 is 0 Å². The van der Waals surface area contributed by atoms with Crippen LogP contribution in [0.25, 0.3) is 0 Å². The molecule has 2 aromatic rings. The van der Waals surface area contributed by atoms with Gasteiger partial charge in [0.2, 0.25) is 0 Å². The maximum Gasteiger partial charge on any atom is 0.319 e. The first-order chi connectivity index (χ1) is 11.1.